The third kappa shape index (κ3) is 5.86. The predicted molar refractivity (Wildman–Crippen MR) is 106 cm³/mol. The first-order valence-electron chi connectivity index (χ1n) is 8.94. The summed E-state index contributed by atoms with van der Waals surface area (Å²) < 4.78 is 28.9. The van der Waals surface area contributed by atoms with Gasteiger partial charge in [0.2, 0.25) is 0 Å². The maximum absolute atomic E-state index is 13.1. The van der Waals surface area contributed by atoms with Crippen LogP contribution in [0.3, 0.4) is 0 Å². The fourth-order valence-corrected chi connectivity index (χ4v) is 4.15. The zero-order chi connectivity index (χ0) is 19.9. The van der Waals surface area contributed by atoms with Gasteiger partial charge in [0, 0.05) is 39.1 Å². The first-order valence-corrected chi connectivity index (χ1v) is 10.3. The average Bonchev–Trinajstić information content (AvgIpc) is 2.68. The van der Waals surface area contributed by atoms with Gasteiger partial charge in [0.05, 0.1) is 12.0 Å². The normalized spacial score (nSPS) is 12.9. The lowest BCUT2D eigenvalue weighted by Crippen LogP contribution is -2.42. The highest BCUT2D eigenvalue weighted by atomic mass is 32.2. The molecule has 0 unspecified atom stereocenters. The Hall–Kier alpha value is -2.27. The summed E-state index contributed by atoms with van der Waals surface area (Å²) in [4.78, 5) is 4.08. The van der Waals surface area contributed by atoms with Crippen LogP contribution >= 0.6 is 0 Å². The van der Waals surface area contributed by atoms with E-state index in [1.54, 1.807) is 25.4 Å². The summed E-state index contributed by atoms with van der Waals surface area (Å²) in [6.07, 6.45) is 4.26. The molecule has 144 valence electrons. The molecule has 1 atom stereocenters. The molecule has 0 aliphatic carbocycles. The molecule has 27 heavy (non-hydrogen) atoms. The Labute approximate surface area is 162 Å². The molecule has 0 radical (unpaired) electrons. The van der Waals surface area contributed by atoms with Crippen molar-refractivity contribution in [1.29, 1.82) is 5.26 Å². The first-order chi connectivity index (χ1) is 12.9. The molecule has 0 aliphatic heterocycles. The highest BCUT2D eigenvalue weighted by molar-refractivity contribution is 7.86. The number of pyridine rings is 1. The zero-order valence-corrected chi connectivity index (χ0v) is 16.9. The van der Waals surface area contributed by atoms with Gasteiger partial charge >= 0.3 is 0 Å². The van der Waals surface area contributed by atoms with E-state index in [2.05, 4.69) is 18.0 Å². The van der Waals surface area contributed by atoms with Gasteiger partial charge in [-0.3, -0.25) is 4.98 Å². The Balaban J connectivity index is 2.28. The van der Waals surface area contributed by atoms with Crippen LogP contribution in [0, 0.1) is 17.2 Å². The van der Waals surface area contributed by atoms with Crippen molar-refractivity contribution in [2.24, 2.45) is 5.92 Å². The van der Waals surface area contributed by atoms with Crippen LogP contribution in [0.1, 0.15) is 30.5 Å². The minimum Gasteiger partial charge on any atom is -0.264 e. The van der Waals surface area contributed by atoms with Crippen LogP contribution in [0.5, 0.6) is 0 Å². The van der Waals surface area contributed by atoms with E-state index in [-0.39, 0.29) is 25.6 Å². The summed E-state index contributed by atoms with van der Waals surface area (Å²) in [5, 5.41) is 9.01. The Morgan fingerprint density at radius 3 is 2.30 bits per heavy atom. The molecule has 0 N–H and O–H groups in total. The second-order valence-electron chi connectivity index (χ2n) is 6.62. The summed E-state index contributed by atoms with van der Waals surface area (Å²) in [5.74, 6) is -0.381. The molecular weight excluding hydrogens is 360 g/mol. The van der Waals surface area contributed by atoms with Crippen molar-refractivity contribution < 1.29 is 8.42 Å². The van der Waals surface area contributed by atoms with Crippen LogP contribution in [-0.2, 0) is 29.7 Å². The van der Waals surface area contributed by atoms with Crippen LogP contribution in [0.4, 0.5) is 0 Å². The van der Waals surface area contributed by atoms with Crippen molar-refractivity contribution in [1.82, 2.24) is 13.6 Å². The number of rotatable bonds is 9. The second kappa shape index (κ2) is 9.60. The molecule has 0 spiro atoms. The molecule has 0 amide bonds. The third-order valence-corrected chi connectivity index (χ3v) is 6.19. The largest absolute Gasteiger partial charge is 0.282 e. The SMILES string of the molecule is CCc1ccc(CN(Cc2cccnc2)S(=O)(=O)N(C)C[C@H](C)C#N)cc1. The number of nitrogens with zero attached hydrogens (tertiary/aromatic N) is 4. The molecule has 0 saturated carbocycles. The fraction of sp³-hybridized carbons (Fsp3) is 0.400. The van der Waals surface area contributed by atoms with Crippen LogP contribution in [0.25, 0.3) is 0 Å². The topological polar surface area (TPSA) is 77.3 Å². The van der Waals surface area contributed by atoms with E-state index in [0.29, 0.717) is 0 Å². The highest BCUT2D eigenvalue weighted by Crippen LogP contribution is 2.18. The zero-order valence-electron chi connectivity index (χ0n) is 16.0. The summed E-state index contributed by atoms with van der Waals surface area (Å²) in [5.41, 5.74) is 2.94. The highest BCUT2D eigenvalue weighted by Gasteiger charge is 2.28. The number of aryl methyl sites for hydroxylation is 1. The first kappa shape index (κ1) is 21.0. The van der Waals surface area contributed by atoms with E-state index in [1.165, 1.54) is 21.2 Å². The number of nitriles is 1. The lowest BCUT2D eigenvalue weighted by atomic mass is 10.1. The second-order valence-corrected chi connectivity index (χ2v) is 8.65. The Kier molecular flexibility index (Phi) is 7.48. The summed E-state index contributed by atoms with van der Waals surface area (Å²) in [6.45, 7) is 4.42. The van der Waals surface area contributed by atoms with Gasteiger partial charge in [-0.1, -0.05) is 37.3 Å². The van der Waals surface area contributed by atoms with Crippen molar-refractivity contribution in [2.45, 2.75) is 33.4 Å². The predicted octanol–water partition coefficient (Wildman–Crippen LogP) is 2.98. The van der Waals surface area contributed by atoms with E-state index >= 15 is 0 Å². The van der Waals surface area contributed by atoms with Gasteiger partial charge in [-0.05, 0) is 36.1 Å². The molecule has 1 aromatic carbocycles. The minimum absolute atomic E-state index is 0.150. The maximum atomic E-state index is 13.1. The lowest BCUT2D eigenvalue weighted by Gasteiger charge is -2.28. The van der Waals surface area contributed by atoms with E-state index in [0.717, 1.165) is 17.5 Å². The lowest BCUT2D eigenvalue weighted by molar-refractivity contribution is 0.340. The molecule has 1 heterocycles. The van der Waals surface area contributed by atoms with Gasteiger partial charge in [0.1, 0.15) is 0 Å². The van der Waals surface area contributed by atoms with E-state index in [9.17, 15) is 8.42 Å². The fourth-order valence-electron chi connectivity index (χ4n) is 2.72. The van der Waals surface area contributed by atoms with E-state index < -0.39 is 10.2 Å². The van der Waals surface area contributed by atoms with Crippen molar-refractivity contribution in [3.05, 3.63) is 65.5 Å². The van der Waals surface area contributed by atoms with Crippen LogP contribution in [-0.4, -0.2) is 35.6 Å². The number of benzene rings is 1. The Bertz CT molecular complexity index is 861. The maximum Gasteiger partial charge on any atom is 0.282 e. The van der Waals surface area contributed by atoms with Crippen molar-refractivity contribution in [3.63, 3.8) is 0 Å². The van der Waals surface area contributed by atoms with E-state index in [1.807, 2.05) is 30.3 Å². The molecule has 0 bridgehead atoms. The molecule has 6 nitrogen and oxygen atoms in total. The van der Waals surface area contributed by atoms with Crippen LogP contribution in [0.15, 0.2) is 48.8 Å². The number of hydrogen-bond acceptors (Lipinski definition) is 4. The average molecular weight is 387 g/mol. The van der Waals surface area contributed by atoms with Crippen molar-refractivity contribution in [2.75, 3.05) is 13.6 Å². The summed E-state index contributed by atoms with van der Waals surface area (Å²) in [6, 6.07) is 13.7. The number of aromatic nitrogens is 1. The molecule has 2 rings (SSSR count). The molecule has 2 aromatic rings. The number of hydrogen-bond donors (Lipinski definition) is 0. The quantitative estimate of drug-likeness (QED) is 0.664. The van der Waals surface area contributed by atoms with Crippen LogP contribution < -0.4 is 0 Å². The summed E-state index contributed by atoms with van der Waals surface area (Å²) in [7, 11) is -2.22. The van der Waals surface area contributed by atoms with Crippen LogP contribution in [0.2, 0.25) is 0 Å². The Morgan fingerprint density at radius 1 is 1.11 bits per heavy atom. The van der Waals surface area contributed by atoms with Gasteiger partial charge in [-0.2, -0.15) is 22.3 Å². The molecule has 0 aliphatic rings. The van der Waals surface area contributed by atoms with Gasteiger partial charge in [-0.25, -0.2) is 0 Å². The molecule has 0 fully saturated rings. The molecule has 0 saturated heterocycles. The van der Waals surface area contributed by atoms with Crippen molar-refractivity contribution in [3.8, 4) is 6.07 Å². The van der Waals surface area contributed by atoms with Gasteiger partial charge in [0.15, 0.2) is 0 Å². The molecule has 7 heteroatoms. The minimum atomic E-state index is -3.73. The summed E-state index contributed by atoms with van der Waals surface area (Å²) >= 11 is 0. The molecular formula is C20H26N4O2S. The smallest absolute Gasteiger partial charge is 0.264 e. The van der Waals surface area contributed by atoms with Crippen molar-refractivity contribution >= 4 is 10.2 Å². The monoisotopic (exact) mass is 386 g/mol. The van der Waals surface area contributed by atoms with Gasteiger partial charge < -0.3 is 0 Å². The molecule has 1 aromatic heterocycles. The standard InChI is InChI=1S/C20H26N4O2S/c1-4-18-7-9-19(10-8-18)15-24(16-20-6-5-11-22-13-20)27(25,26)23(3)14-17(2)12-21/h5-11,13,17H,4,14-16H2,1-3H3/t17-/m1/s1. The van der Waals surface area contributed by atoms with Gasteiger partial charge in [0.25, 0.3) is 10.2 Å². The Morgan fingerprint density at radius 2 is 1.74 bits per heavy atom. The van der Waals surface area contributed by atoms with Gasteiger partial charge in [-0.15, -0.1) is 0 Å². The third-order valence-electron chi connectivity index (χ3n) is 4.34. The van der Waals surface area contributed by atoms with E-state index in [4.69, 9.17) is 5.26 Å².